The van der Waals surface area contributed by atoms with Crippen LogP contribution in [-0.4, -0.2) is 62.3 Å². The fourth-order valence-corrected chi connectivity index (χ4v) is 5.98. The van der Waals surface area contributed by atoms with Crippen molar-refractivity contribution in [3.8, 4) is 0 Å². The molecule has 0 spiro atoms. The van der Waals surface area contributed by atoms with Gasteiger partial charge in [-0.2, -0.15) is 0 Å². The quantitative estimate of drug-likeness (QED) is 0.118. The topological polar surface area (TPSA) is 155 Å². The Labute approximate surface area is 293 Å². The average molecular weight is 593 g/mol. The molecule has 0 aliphatic heterocycles. The molecule has 2 N–H and O–H groups in total. The molecular weight excluding hydrogens is 545 g/mol. The minimum atomic E-state index is -4.67. The van der Waals surface area contributed by atoms with Crippen LogP contribution in [0.25, 0.3) is 0 Å². The first kappa shape index (κ1) is 48.8. The maximum absolute atomic E-state index is 11.7. The summed E-state index contributed by atoms with van der Waals surface area (Å²) in [5, 5.41) is 5.52. The molecule has 2 amide bonds. The normalized spacial score (nSPS) is 12.4. The van der Waals surface area contributed by atoms with Gasteiger partial charge in [0.25, 0.3) is 0 Å². The molecule has 0 aromatic rings. The fourth-order valence-electron chi connectivity index (χ4n) is 2.75. The molecule has 0 saturated carbocycles. The van der Waals surface area contributed by atoms with Crippen LogP contribution in [0.4, 0.5) is 0 Å². The molecule has 204 valence electrons. The molecule has 0 aliphatic rings. The zero-order valence-electron chi connectivity index (χ0n) is 25.2. The Morgan fingerprint density at radius 1 is 0.676 bits per heavy atom. The summed E-state index contributed by atoms with van der Waals surface area (Å²) in [5.41, 5.74) is 0. The molecule has 10 nitrogen and oxygen atoms in total. The van der Waals surface area contributed by atoms with Crippen molar-refractivity contribution in [3.63, 3.8) is 0 Å². The van der Waals surface area contributed by atoms with Crippen molar-refractivity contribution in [1.82, 2.24) is 10.6 Å². The molecule has 0 radical (unpaired) electrons. The molecule has 2 atom stereocenters. The summed E-state index contributed by atoms with van der Waals surface area (Å²) in [5.74, 6) is 0.0258. The largest absolute Gasteiger partial charge is 1.00 e. The summed E-state index contributed by atoms with van der Waals surface area (Å²) in [4.78, 5) is 53.6. The molecule has 2 unspecified atom stereocenters. The molecule has 0 rings (SSSR count). The van der Waals surface area contributed by atoms with Crippen LogP contribution >= 0.6 is 0 Å². The number of rotatable bonds is 18. The summed E-state index contributed by atoms with van der Waals surface area (Å²) in [6.07, 6.45) is 2.62. The Bertz CT molecular complexity index is 534. The van der Waals surface area contributed by atoms with E-state index in [1.165, 1.54) is 0 Å². The van der Waals surface area contributed by atoms with Crippen molar-refractivity contribution < 1.29 is 126 Å². The zero-order valence-corrected chi connectivity index (χ0v) is 33.2. The van der Waals surface area contributed by atoms with Gasteiger partial charge in [-0.05, 0) is 46.5 Å². The Morgan fingerprint density at radius 3 is 1.27 bits per heavy atom. The maximum Gasteiger partial charge on any atom is 1.00 e. The van der Waals surface area contributed by atoms with Crippen molar-refractivity contribution in [1.29, 1.82) is 0 Å². The van der Waals surface area contributed by atoms with E-state index in [1.54, 1.807) is 6.92 Å². The molecular formula is C22H47N2Na3O8Si2. The van der Waals surface area contributed by atoms with Crippen LogP contribution in [0.2, 0.25) is 12.1 Å². The monoisotopic (exact) mass is 592 g/mol. The van der Waals surface area contributed by atoms with Crippen LogP contribution in [0.1, 0.15) is 74.1 Å². The van der Waals surface area contributed by atoms with E-state index in [2.05, 4.69) is 10.6 Å². The van der Waals surface area contributed by atoms with Crippen LogP contribution in [0.3, 0.4) is 0 Å². The van der Waals surface area contributed by atoms with E-state index in [9.17, 15) is 24.0 Å². The first-order valence-corrected chi connectivity index (χ1v) is 16.4. The second-order valence-electron chi connectivity index (χ2n) is 8.07. The summed E-state index contributed by atoms with van der Waals surface area (Å²) in [6, 6.07) is 0.372. The maximum atomic E-state index is 11.7. The van der Waals surface area contributed by atoms with E-state index in [1.807, 2.05) is 41.5 Å². The third-order valence-electron chi connectivity index (χ3n) is 5.13. The van der Waals surface area contributed by atoms with Gasteiger partial charge < -0.3 is 38.3 Å². The van der Waals surface area contributed by atoms with Crippen LogP contribution in [0, 0.1) is 11.8 Å². The predicted octanol–water partition coefficient (Wildman–Crippen LogP) is -8.84. The Balaban J connectivity index is -0.000000180. The zero-order chi connectivity index (χ0) is 26.6. The van der Waals surface area contributed by atoms with Gasteiger partial charge >= 0.3 is 97.5 Å². The summed E-state index contributed by atoms with van der Waals surface area (Å²) >= 11 is 0. The molecule has 0 aliphatic carbocycles. The molecule has 0 heterocycles. The Hall–Kier alpha value is 2.13. The number of carbonyl (C=O) groups excluding carboxylic acids is 2. The number of hydrogen-bond donors (Lipinski definition) is 2. The standard InChI is InChI=1S/C14H31NO4Si.C8H16NO4Si.3Na/c1-6-13(5)14(16)15-11-10-12-20(17-7-2,18-8-3)19-9-4;1-3-7(2)8(10)9-5-4-6-14(11,12)13;;;/h13H,6-12H2,1-5H3,(H,15,16);7H,3-6H2,1-2H3,(H,9,10);;;/q;-3;3*+1. The minimum Gasteiger partial charge on any atom is -0.881 e. The second kappa shape index (κ2) is 29.6. The van der Waals surface area contributed by atoms with Crippen molar-refractivity contribution in [2.24, 2.45) is 11.8 Å². The van der Waals surface area contributed by atoms with E-state index in [4.69, 9.17) is 13.3 Å². The van der Waals surface area contributed by atoms with Crippen molar-refractivity contribution in [2.75, 3.05) is 32.9 Å². The van der Waals surface area contributed by atoms with E-state index in [0.29, 0.717) is 26.4 Å². The Kier molecular flexibility index (Phi) is 39.1. The van der Waals surface area contributed by atoms with E-state index in [0.717, 1.165) is 25.3 Å². The number of amides is 2. The smallest absolute Gasteiger partial charge is 0.881 e. The van der Waals surface area contributed by atoms with E-state index < -0.39 is 17.6 Å². The average Bonchev–Trinajstić information content (AvgIpc) is 2.78. The van der Waals surface area contributed by atoms with Gasteiger partial charge in [-0.25, -0.2) is 0 Å². The Morgan fingerprint density at radius 2 is 1.00 bits per heavy atom. The van der Waals surface area contributed by atoms with Crippen LogP contribution < -0.4 is 114 Å². The number of nitrogens with one attached hydrogen (secondary N) is 2. The van der Waals surface area contributed by atoms with Crippen LogP contribution in [0.15, 0.2) is 0 Å². The number of hydrogen-bond acceptors (Lipinski definition) is 8. The molecule has 15 heteroatoms. The summed E-state index contributed by atoms with van der Waals surface area (Å²) in [6.45, 7) is 16.2. The van der Waals surface area contributed by atoms with Gasteiger partial charge in [0.05, 0.1) is 0 Å². The fraction of sp³-hybridized carbons (Fsp3) is 0.909. The molecule has 0 fully saturated rings. The first-order chi connectivity index (χ1) is 15.9. The van der Waals surface area contributed by atoms with E-state index in [-0.39, 0.29) is 131 Å². The van der Waals surface area contributed by atoms with Crippen molar-refractivity contribution in [2.45, 2.75) is 86.2 Å². The molecule has 0 aromatic carbocycles. The third-order valence-corrected chi connectivity index (χ3v) is 9.25. The van der Waals surface area contributed by atoms with Crippen LogP contribution in [0.5, 0.6) is 0 Å². The van der Waals surface area contributed by atoms with Gasteiger partial charge in [0.15, 0.2) is 0 Å². The summed E-state index contributed by atoms with van der Waals surface area (Å²) in [7, 11) is -7.22. The first-order valence-electron chi connectivity index (χ1n) is 12.5. The predicted molar refractivity (Wildman–Crippen MR) is 130 cm³/mol. The van der Waals surface area contributed by atoms with Crippen LogP contribution in [-0.2, 0) is 22.9 Å². The van der Waals surface area contributed by atoms with E-state index >= 15 is 0 Å². The van der Waals surface area contributed by atoms with Crippen molar-refractivity contribution >= 4 is 29.4 Å². The van der Waals surface area contributed by atoms with Gasteiger partial charge in [-0.3, -0.25) is 18.4 Å². The van der Waals surface area contributed by atoms with Gasteiger partial charge in [-0.1, -0.05) is 27.7 Å². The molecule has 0 aromatic heterocycles. The molecule has 0 saturated heterocycles. The summed E-state index contributed by atoms with van der Waals surface area (Å²) < 4.78 is 17.3. The second-order valence-corrected chi connectivity index (χ2v) is 12.7. The van der Waals surface area contributed by atoms with Crippen molar-refractivity contribution in [3.05, 3.63) is 0 Å². The SMILES string of the molecule is CCC(C)C(=O)NCCC[Si]([O-])([O-])[O-].CCO[Si](CCCNC(=O)C(C)CC)(OCC)OCC.[Na+].[Na+].[Na+]. The van der Waals surface area contributed by atoms with Gasteiger partial charge in [0.2, 0.25) is 11.8 Å². The van der Waals surface area contributed by atoms with Gasteiger partial charge in [-0.15, -0.1) is 6.04 Å². The minimum absolute atomic E-state index is 0. The molecule has 0 bridgehead atoms. The van der Waals surface area contributed by atoms with Gasteiger partial charge in [0, 0.05) is 50.8 Å². The third kappa shape index (κ3) is 28.0. The molecule has 37 heavy (non-hydrogen) atoms. The number of carbonyl (C=O) groups is 2. The van der Waals surface area contributed by atoms with Gasteiger partial charge in [0.1, 0.15) is 0 Å².